The normalized spacial score (nSPS) is 10.4. The summed E-state index contributed by atoms with van der Waals surface area (Å²) in [6, 6.07) is 5.73. The summed E-state index contributed by atoms with van der Waals surface area (Å²) in [6.07, 6.45) is 2.36. The summed E-state index contributed by atoms with van der Waals surface area (Å²) < 4.78 is 9.63. The number of carbonyl (C=O) groups excluding carboxylic acids is 2. The summed E-state index contributed by atoms with van der Waals surface area (Å²) in [6.45, 7) is 0.517. The zero-order chi connectivity index (χ0) is 14.4. The van der Waals surface area contributed by atoms with Gasteiger partial charge < -0.3 is 14.5 Å². The molecule has 0 aliphatic carbocycles. The molecule has 0 atom stereocenters. The second-order valence-electron chi connectivity index (χ2n) is 4.33. The first-order chi connectivity index (χ1) is 9.69. The van der Waals surface area contributed by atoms with E-state index in [-0.39, 0.29) is 24.7 Å². The molecule has 6 nitrogen and oxygen atoms in total. The molecule has 2 aromatic rings. The third kappa shape index (κ3) is 3.81. The molecule has 1 heterocycles. The number of amides is 1. The van der Waals surface area contributed by atoms with Crippen LogP contribution >= 0.6 is 0 Å². The van der Waals surface area contributed by atoms with Crippen molar-refractivity contribution in [1.29, 1.82) is 0 Å². The van der Waals surface area contributed by atoms with Crippen LogP contribution < -0.4 is 5.32 Å². The quantitative estimate of drug-likeness (QED) is 0.807. The lowest BCUT2D eigenvalue weighted by molar-refractivity contribution is -0.142. The van der Waals surface area contributed by atoms with E-state index in [4.69, 9.17) is 4.42 Å². The molecule has 0 saturated carbocycles. The molecule has 0 aliphatic rings. The Labute approximate surface area is 116 Å². The summed E-state index contributed by atoms with van der Waals surface area (Å²) in [4.78, 5) is 26.4. The molecular formula is C14H16N2O4. The molecule has 2 rings (SSSR count). The maximum Gasteiger partial charge on any atom is 0.306 e. The molecule has 0 radical (unpaired) electrons. The number of nitrogens with zero attached hydrogens (tertiary/aromatic N) is 1. The molecule has 0 aliphatic heterocycles. The van der Waals surface area contributed by atoms with Gasteiger partial charge in [-0.1, -0.05) is 6.07 Å². The van der Waals surface area contributed by atoms with Gasteiger partial charge in [-0.15, -0.1) is 0 Å². The van der Waals surface area contributed by atoms with E-state index < -0.39 is 0 Å². The van der Waals surface area contributed by atoms with Crippen molar-refractivity contribution in [3.63, 3.8) is 0 Å². The SMILES string of the molecule is COC(=O)CCC(=O)NCCc1ccc2ocnc2c1. The lowest BCUT2D eigenvalue weighted by Gasteiger charge is -2.05. The van der Waals surface area contributed by atoms with Crippen LogP contribution in [0.3, 0.4) is 0 Å². The van der Waals surface area contributed by atoms with Crippen molar-refractivity contribution >= 4 is 23.0 Å². The molecule has 0 fully saturated rings. The predicted molar refractivity (Wildman–Crippen MR) is 72.0 cm³/mol. The number of esters is 1. The Hall–Kier alpha value is -2.37. The number of hydrogen-bond acceptors (Lipinski definition) is 5. The molecule has 106 valence electrons. The van der Waals surface area contributed by atoms with E-state index in [2.05, 4.69) is 15.0 Å². The Morgan fingerprint density at radius 3 is 3.00 bits per heavy atom. The van der Waals surface area contributed by atoms with Crippen molar-refractivity contribution in [3.05, 3.63) is 30.2 Å². The molecule has 0 saturated heterocycles. The molecular weight excluding hydrogens is 260 g/mol. The van der Waals surface area contributed by atoms with E-state index >= 15 is 0 Å². The summed E-state index contributed by atoms with van der Waals surface area (Å²) in [5, 5.41) is 2.76. The molecule has 0 spiro atoms. The summed E-state index contributed by atoms with van der Waals surface area (Å²) in [7, 11) is 1.31. The standard InChI is InChI=1S/C14H16N2O4/c1-19-14(18)5-4-13(17)15-7-6-10-2-3-12-11(8-10)16-9-20-12/h2-3,8-9H,4-7H2,1H3,(H,15,17). The van der Waals surface area contributed by atoms with Gasteiger partial charge in [0.05, 0.1) is 13.5 Å². The van der Waals surface area contributed by atoms with Gasteiger partial charge in [-0.3, -0.25) is 9.59 Å². The summed E-state index contributed by atoms with van der Waals surface area (Å²) in [5.74, 6) is -0.533. The van der Waals surface area contributed by atoms with Crippen LogP contribution in [0, 0.1) is 0 Å². The minimum atomic E-state index is -0.378. The molecule has 0 unspecified atom stereocenters. The molecule has 1 aromatic heterocycles. The maximum absolute atomic E-state index is 11.5. The fraction of sp³-hybridized carbons (Fsp3) is 0.357. The summed E-state index contributed by atoms with van der Waals surface area (Å²) in [5.41, 5.74) is 2.62. The third-order valence-corrected chi connectivity index (χ3v) is 2.91. The van der Waals surface area contributed by atoms with E-state index in [1.54, 1.807) is 0 Å². The van der Waals surface area contributed by atoms with E-state index in [0.717, 1.165) is 16.7 Å². The van der Waals surface area contributed by atoms with Gasteiger partial charge in [0, 0.05) is 13.0 Å². The number of rotatable bonds is 6. The average molecular weight is 276 g/mol. The first kappa shape index (κ1) is 14.0. The topological polar surface area (TPSA) is 81.4 Å². The van der Waals surface area contributed by atoms with E-state index in [1.807, 2.05) is 18.2 Å². The van der Waals surface area contributed by atoms with Gasteiger partial charge in [0.2, 0.25) is 5.91 Å². The molecule has 0 bridgehead atoms. The van der Waals surface area contributed by atoms with Crippen molar-refractivity contribution in [2.45, 2.75) is 19.3 Å². The molecule has 1 aromatic carbocycles. The first-order valence-corrected chi connectivity index (χ1v) is 6.34. The highest BCUT2D eigenvalue weighted by Crippen LogP contribution is 2.14. The molecule has 1 N–H and O–H groups in total. The zero-order valence-corrected chi connectivity index (χ0v) is 11.2. The van der Waals surface area contributed by atoms with Crippen LogP contribution in [0.5, 0.6) is 0 Å². The van der Waals surface area contributed by atoms with Crippen LogP contribution in [-0.2, 0) is 20.7 Å². The fourth-order valence-corrected chi connectivity index (χ4v) is 1.81. The number of ether oxygens (including phenoxy) is 1. The van der Waals surface area contributed by atoms with Crippen LogP contribution in [0.15, 0.2) is 29.0 Å². The zero-order valence-electron chi connectivity index (χ0n) is 11.2. The minimum Gasteiger partial charge on any atom is -0.469 e. The fourth-order valence-electron chi connectivity index (χ4n) is 1.81. The lowest BCUT2D eigenvalue weighted by atomic mass is 10.1. The van der Waals surface area contributed by atoms with E-state index in [0.29, 0.717) is 13.0 Å². The Morgan fingerprint density at radius 2 is 2.20 bits per heavy atom. The lowest BCUT2D eigenvalue weighted by Crippen LogP contribution is -2.26. The third-order valence-electron chi connectivity index (χ3n) is 2.91. The Bertz CT molecular complexity index is 606. The molecule has 20 heavy (non-hydrogen) atoms. The molecule has 1 amide bonds. The van der Waals surface area contributed by atoms with Crippen molar-refractivity contribution in [1.82, 2.24) is 10.3 Å². The number of oxazole rings is 1. The van der Waals surface area contributed by atoms with Crippen LogP contribution in [0.4, 0.5) is 0 Å². The predicted octanol–water partition coefficient (Wildman–Crippen LogP) is 1.44. The van der Waals surface area contributed by atoms with Crippen molar-refractivity contribution in [2.75, 3.05) is 13.7 Å². The van der Waals surface area contributed by atoms with E-state index in [9.17, 15) is 9.59 Å². The number of benzene rings is 1. The van der Waals surface area contributed by atoms with Gasteiger partial charge in [0.15, 0.2) is 12.0 Å². The Kier molecular flexibility index (Phi) is 4.70. The highest BCUT2D eigenvalue weighted by molar-refractivity contribution is 5.81. The molecule has 6 heteroatoms. The van der Waals surface area contributed by atoms with Gasteiger partial charge in [-0.2, -0.15) is 0 Å². The van der Waals surface area contributed by atoms with Gasteiger partial charge in [-0.05, 0) is 24.1 Å². The average Bonchev–Trinajstić information content (AvgIpc) is 2.92. The monoisotopic (exact) mass is 276 g/mol. The van der Waals surface area contributed by atoms with Crippen LogP contribution in [-0.4, -0.2) is 30.5 Å². The largest absolute Gasteiger partial charge is 0.469 e. The minimum absolute atomic E-state index is 0.104. The highest BCUT2D eigenvalue weighted by Gasteiger charge is 2.06. The number of hydrogen-bond donors (Lipinski definition) is 1. The second-order valence-corrected chi connectivity index (χ2v) is 4.33. The second kappa shape index (κ2) is 6.70. The number of fused-ring (bicyclic) bond motifs is 1. The Balaban J connectivity index is 1.74. The van der Waals surface area contributed by atoms with Gasteiger partial charge in [0.1, 0.15) is 5.52 Å². The summed E-state index contributed by atoms with van der Waals surface area (Å²) >= 11 is 0. The highest BCUT2D eigenvalue weighted by atomic mass is 16.5. The van der Waals surface area contributed by atoms with Crippen molar-refractivity contribution in [2.24, 2.45) is 0 Å². The van der Waals surface area contributed by atoms with Crippen LogP contribution in [0.25, 0.3) is 11.1 Å². The number of methoxy groups -OCH3 is 1. The first-order valence-electron chi connectivity index (χ1n) is 6.34. The van der Waals surface area contributed by atoms with Gasteiger partial charge in [0.25, 0.3) is 0 Å². The van der Waals surface area contributed by atoms with Crippen molar-refractivity contribution in [3.8, 4) is 0 Å². The Morgan fingerprint density at radius 1 is 1.35 bits per heavy atom. The van der Waals surface area contributed by atoms with Gasteiger partial charge in [-0.25, -0.2) is 4.98 Å². The number of nitrogens with one attached hydrogen (secondary N) is 1. The van der Waals surface area contributed by atoms with Crippen molar-refractivity contribution < 1.29 is 18.7 Å². The smallest absolute Gasteiger partial charge is 0.306 e. The maximum atomic E-state index is 11.5. The number of aromatic nitrogens is 1. The van der Waals surface area contributed by atoms with Gasteiger partial charge >= 0.3 is 5.97 Å². The number of carbonyl (C=O) groups is 2. The van der Waals surface area contributed by atoms with Crippen LogP contribution in [0.1, 0.15) is 18.4 Å². The van der Waals surface area contributed by atoms with E-state index in [1.165, 1.54) is 13.5 Å². The van der Waals surface area contributed by atoms with Crippen LogP contribution in [0.2, 0.25) is 0 Å².